The van der Waals surface area contributed by atoms with E-state index in [4.69, 9.17) is 10.3 Å². The molecule has 1 aromatic carbocycles. The standard InChI is InChI=1S/C16H20N4O2.ClH/c1-11-18-15(20-22-11)16(8-2-3-9-16)19-14(21)10-12-4-6-13(17)7-5-12;/h4-7H,2-3,8-10,17H2,1H3,(H,19,21);1H. The number of hydrogen-bond donors (Lipinski definition) is 2. The summed E-state index contributed by atoms with van der Waals surface area (Å²) < 4.78 is 5.09. The maximum atomic E-state index is 12.4. The van der Waals surface area contributed by atoms with Gasteiger partial charge in [-0.05, 0) is 30.5 Å². The molecule has 0 spiro atoms. The van der Waals surface area contributed by atoms with Crippen molar-refractivity contribution in [1.29, 1.82) is 0 Å². The van der Waals surface area contributed by atoms with E-state index in [1.165, 1.54) is 0 Å². The second-order valence-corrected chi connectivity index (χ2v) is 5.89. The molecule has 0 unspecified atom stereocenters. The SMILES string of the molecule is Cc1nc(C2(NC(=O)Cc3ccc(N)cc3)CCCC2)no1.Cl. The molecule has 3 N–H and O–H groups in total. The first-order valence-electron chi connectivity index (χ1n) is 7.54. The number of carbonyl (C=O) groups excluding carboxylic acids is 1. The molecule has 0 atom stereocenters. The molecule has 1 aliphatic carbocycles. The van der Waals surface area contributed by atoms with Crippen LogP contribution >= 0.6 is 12.4 Å². The van der Waals surface area contributed by atoms with Crippen LogP contribution in [0.1, 0.15) is 43.0 Å². The van der Waals surface area contributed by atoms with Gasteiger partial charge in [0.05, 0.1) is 6.42 Å². The Balaban J connectivity index is 0.00000192. The molecular weight excluding hydrogens is 316 g/mol. The zero-order valence-electron chi connectivity index (χ0n) is 13.0. The highest BCUT2D eigenvalue weighted by Gasteiger charge is 2.41. The topological polar surface area (TPSA) is 94.0 Å². The Labute approximate surface area is 141 Å². The monoisotopic (exact) mass is 336 g/mol. The summed E-state index contributed by atoms with van der Waals surface area (Å²) in [6, 6.07) is 7.34. The van der Waals surface area contributed by atoms with Gasteiger partial charge in [0.15, 0.2) is 5.82 Å². The Hall–Kier alpha value is -2.08. The predicted octanol–water partition coefficient (Wildman–Crippen LogP) is 2.51. The quantitative estimate of drug-likeness (QED) is 0.837. The third-order valence-electron chi connectivity index (χ3n) is 4.14. The fourth-order valence-electron chi connectivity index (χ4n) is 3.01. The van der Waals surface area contributed by atoms with Crippen LogP contribution in [0.25, 0.3) is 0 Å². The van der Waals surface area contributed by atoms with Crippen molar-refractivity contribution in [2.45, 2.75) is 44.6 Å². The molecule has 7 heteroatoms. The Morgan fingerprint density at radius 2 is 1.96 bits per heavy atom. The van der Waals surface area contributed by atoms with Crippen molar-refractivity contribution in [3.63, 3.8) is 0 Å². The minimum Gasteiger partial charge on any atom is -0.399 e. The summed E-state index contributed by atoms with van der Waals surface area (Å²) >= 11 is 0. The van der Waals surface area contributed by atoms with Gasteiger partial charge in [0, 0.05) is 12.6 Å². The van der Waals surface area contributed by atoms with Gasteiger partial charge in [0.1, 0.15) is 5.54 Å². The summed E-state index contributed by atoms with van der Waals surface area (Å²) in [4.78, 5) is 16.7. The number of anilines is 1. The number of aryl methyl sites for hydroxylation is 1. The zero-order valence-corrected chi connectivity index (χ0v) is 13.9. The number of aromatic nitrogens is 2. The molecule has 1 heterocycles. The molecule has 0 saturated heterocycles. The smallest absolute Gasteiger partial charge is 0.225 e. The van der Waals surface area contributed by atoms with Gasteiger partial charge in [0.2, 0.25) is 11.8 Å². The van der Waals surface area contributed by atoms with Gasteiger partial charge in [-0.15, -0.1) is 12.4 Å². The van der Waals surface area contributed by atoms with Crippen molar-refractivity contribution < 1.29 is 9.32 Å². The number of nitrogen functional groups attached to an aromatic ring is 1. The van der Waals surface area contributed by atoms with E-state index in [1.54, 1.807) is 19.1 Å². The average Bonchev–Trinajstić information content (AvgIpc) is 3.11. The number of hydrogen-bond acceptors (Lipinski definition) is 5. The van der Waals surface area contributed by atoms with E-state index in [1.807, 2.05) is 12.1 Å². The minimum absolute atomic E-state index is 0. The molecule has 0 bridgehead atoms. The van der Waals surface area contributed by atoms with Gasteiger partial charge in [-0.1, -0.05) is 30.1 Å². The van der Waals surface area contributed by atoms with Crippen LogP contribution in [-0.4, -0.2) is 16.0 Å². The summed E-state index contributed by atoms with van der Waals surface area (Å²) in [7, 11) is 0. The highest BCUT2D eigenvalue weighted by molar-refractivity contribution is 5.85. The van der Waals surface area contributed by atoms with Crippen LogP contribution in [0.15, 0.2) is 28.8 Å². The molecule has 0 aliphatic heterocycles. The van der Waals surface area contributed by atoms with E-state index >= 15 is 0 Å². The first-order chi connectivity index (χ1) is 10.6. The van der Waals surface area contributed by atoms with Gasteiger partial charge in [-0.3, -0.25) is 4.79 Å². The lowest BCUT2D eigenvalue weighted by Crippen LogP contribution is -2.45. The molecule has 124 valence electrons. The normalized spacial score (nSPS) is 15.9. The van der Waals surface area contributed by atoms with Gasteiger partial charge in [-0.25, -0.2) is 0 Å². The van der Waals surface area contributed by atoms with E-state index in [9.17, 15) is 4.79 Å². The number of rotatable bonds is 4. The molecule has 1 amide bonds. The summed E-state index contributed by atoms with van der Waals surface area (Å²) in [5.74, 6) is 1.08. The Bertz CT molecular complexity index is 663. The lowest BCUT2D eigenvalue weighted by Gasteiger charge is -2.26. The van der Waals surface area contributed by atoms with Crippen molar-refractivity contribution in [3.8, 4) is 0 Å². The van der Waals surface area contributed by atoms with Crippen LogP contribution in [0.3, 0.4) is 0 Å². The van der Waals surface area contributed by atoms with Gasteiger partial charge in [-0.2, -0.15) is 4.98 Å². The highest BCUT2D eigenvalue weighted by atomic mass is 35.5. The van der Waals surface area contributed by atoms with E-state index < -0.39 is 5.54 Å². The van der Waals surface area contributed by atoms with Crippen LogP contribution < -0.4 is 11.1 Å². The molecule has 0 radical (unpaired) electrons. The van der Waals surface area contributed by atoms with Crippen LogP contribution in [0.4, 0.5) is 5.69 Å². The third-order valence-corrected chi connectivity index (χ3v) is 4.14. The van der Waals surface area contributed by atoms with E-state index in [2.05, 4.69) is 15.5 Å². The Morgan fingerprint density at radius 1 is 1.30 bits per heavy atom. The van der Waals surface area contributed by atoms with Gasteiger partial charge in [0.25, 0.3) is 0 Å². The Morgan fingerprint density at radius 3 is 2.52 bits per heavy atom. The van der Waals surface area contributed by atoms with Crippen molar-refractivity contribution in [2.24, 2.45) is 0 Å². The van der Waals surface area contributed by atoms with Gasteiger partial charge >= 0.3 is 0 Å². The van der Waals surface area contributed by atoms with Crippen LogP contribution in [-0.2, 0) is 16.8 Å². The molecule has 1 fully saturated rings. The molecule has 2 aromatic rings. The molecule has 3 rings (SSSR count). The summed E-state index contributed by atoms with van der Waals surface area (Å²) in [5.41, 5.74) is 6.81. The number of nitrogens with one attached hydrogen (secondary N) is 1. The van der Waals surface area contributed by atoms with Crippen molar-refractivity contribution >= 4 is 24.0 Å². The van der Waals surface area contributed by atoms with Crippen LogP contribution in [0.5, 0.6) is 0 Å². The highest BCUT2D eigenvalue weighted by Crippen LogP contribution is 2.37. The number of halogens is 1. The minimum atomic E-state index is -0.483. The summed E-state index contributed by atoms with van der Waals surface area (Å²) in [6.07, 6.45) is 4.11. The Kier molecular flexibility index (Phi) is 5.26. The largest absolute Gasteiger partial charge is 0.399 e. The number of amides is 1. The van der Waals surface area contributed by atoms with Crippen molar-refractivity contribution in [2.75, 3.05) is 5.73 Å². The predicted molar refractivity (Wildman–Crippen MR) is 89.1 cm³/mol. The zero-order chi connectivity index (χ0) is 15.6. The van der Waals surface area contributed by atoms with Crippen molar-refractivity contribution in [1.82, 2.24) is 15.5 Å². The van der Waals surface area contributed by atoms with Crippen LogP contribution in [0.2, 0.25) is 0 Å². The molecule has 23 heavy (non-hydrogen) atoms. The molecular formula is C16H21ClN4O2. The van der Waals surface area contributed by atoms with E-state index in [-0.39, 0.29) is 18.3 Å². The summed E-state index contributed by atoms with van der Waals surface area (Å²) in [6.45, 7) is 1.76. The average molecular weight is 337 g/mol. The molecule has 6 nitrogen and oxygen atoms in total. The van der Waals surface area contributed by atoms with Crippen LogP contribution in [0, 0.1) is 6.92 Å². The van der Waals surface area contributed by atoms with Gasteiger partial charge < -0.3 is 15.6 Å². The number of benzene rings is 1. The number of nitrogens with zero attached hydrogens (tertiary/aromatic N) is 2. The molecule has 1 aliphatic rings. The van der Waals surface area contributed by atoms with E-state index in [0.29, 0.717) is 23.8 Å². The fraction of sp³-hybridized carbons (Fsp3) is 0.438. The first-order valence-corrected chi connectivity index (χ1v) is 7.54. The summed E-state index contributed by atoms with van der Waals surface area (Å²) in [5, 5.41) is 7.15. The number of nitrogens with two attached hydrogens (primary N) is 1. The fourth-order valence-corrected chi connectivity index (χ4v) is 3.01. The lowest BCUT2D eigenvalue weighted by atomic mass is 9.96. The maximum Gasteiger partial charge on any atom is 0.225 e. The van der Waals surface area contributed by atoms with E-state index in [0.717, 1.165) is 31.2 Å². The second kappa shape index (κ2) is 7.00. The molecule has 1 aromatic heterocycles. The van der Waals surface area contributed by atoms with Crippen molar-refractivity contribution in [3.05, 3.63) is 41.5 Å². The third kappa shape index (κ3) is 3.82. The maximum absolute atomic E-state index is 12.4. The second-order valence-electron chi connectivity index (χ2n) is 5.89. The molecule has 1 saturated carbocycles. The number of carbonyl (C=O) groups is 1. The lowest BCUT2D eigenvalue weighted by molar-refractivity contribution is -0.122. The first kappa shape index (κ1) is 17.3.